The molecule has 0 saturated carbocycles. The molecule has 8 nitrogen and oxygen atoms in total. The fourth-order valence-electron chi connectivity index (χ4n) is 4.06. The van der Waals surface area contributed by atoms with Crippen molar-refractivity contribution >= 4 is 17.8 Å². The third kappa shape index (κ3) is 6.10. The van der Waals surface area contributed by atoms with Gasteiger partial charge >= 0.3 is 0 Å². The van der Waals surface area contributed by atoms with Crippen molar-refractivity contribution in [1.82, 2.24) is 10.3 Å². The quantitative estimate of drug-likeness (QED) is 0.384. The summed E-state index contributed by atoms with van der Waals surface area (Å²) in [7, 11) is 3.18. The number of ether oxygens (including phenoxy) is 2. The Bertz CT molecular complexity index is 1170. The van der Waals surface area contributed by atoms with Crippen molar-refractivity contribution in [3.8, 4) is 17.2 Å². The molecule has 0 radical (unpaired) electrons. The van der Waals surface area contributed by atoms with E-state index in [9.17, 15) is 9.90 Å². The van der Waals surface area contributed by atoms with Crippen molar-refractivity contribution in [2.24, 2.45) is 5.10 Å². The van der Waals surface area contributed by atoms with Gasteiger partial charge in [-0.15, -0.1) is 0 Å². The molecule has 4 rings (SSSR count). The summed E-state index contributed by atoms with van der Waals surface area (Å²) in [6.07, 6.45) is 1.50. The van der Waals surface area contributed by atoms with E-state index in [-0.39, 0.29) is 11.7 Å². The maximum Gasteiger partial charge on any atom is 0.271 e. The molecule has 1 aliphatic rings. The number of rotatable bonds is 8. The molecule has 0 spiro atoms. The molecular weight excluding hydrogens is 444 g/mol. The highest BCUT2D eigenvalue weighted by atomic mass is 16.5. The van der Waals surface area contributed by atoms with Gasteiger partial charge in [-0.1, -0.05) is 24.3 Å². The number of hydrogen-bond donors (Lipinski definition) is 2. The summed E-state index contributed by atoms with van der Waals surface area (Å²) in [5.41, 5.74) is 6.06. The number of para-hydroxylation sites is 2. The number of methoxy groups -OCH3 is 2. The number of anilines is 1. The number of carbonyl (C=O) groups excluding carboxylic acids is 1. The van der Waals surface area contributed by atoms with Gasteiger partial charge in [0.15, 0.2) is 11.5 Å². The Morgan fingerprint density at radius 2 is 1.69 bits per heavy atom. The number of piperazine rings is 1. The van der Waals surface area contributed by atoms with E-state index in [2.05, 4.69) is 26.4 Å². The third-order valence-electron chi connectivity index (χ3n) is 6.00. The lowest BCUT2D eigenvalue weighted by molar-refractivity contribution is 0.0955. The van der Waals surface area contributed by atoms with Crippen LogP contribution < -0.4 is 19.8 Å². The predicted molar refractivity (Wildman–Crippen MR) is 137 cm³/mol. The molecule has 8 heteroatoms. The Morgan fingerprint density at radius 1 is 0.971 bits per heavy atom. The average Bonchev–Trinajstić information content (AvgIpc) is 2.90. The largest absolute Gasteiger partial charge is 0.504 e. The normalized spacial score (nSPS) is 14.2. The molecule has 0 atom stereocenters. The van der Waals surface area contributed by atoms with Crippen LogP contribution in [0.5, 0.6) is 17.2 Å². The first kappa shape index (κ1) is 24.1. The van der Waals surface area contributed by atoms with Crippen LogP contribution in [0, 0.1) is 0 Å². The van der Waals surface area contributed by atoms with E-state index < -0.39 is 0 Å². The summed E-state index contributed by atoms with van der Waals surface area (Å²) in [5.74, 6) is 1.01. The number of amides is 1. The predicted octanol–water partition coefficient (Wildman–Crippen LogP) is 3.50. The average molecular weight is 475 g/mol. The fraction of sp³-hybridized carbons (Fsp3) is 0.259. The summed E-state index contributed by atoms with van der Waals surface area (Å²) in [4.78, 5) is 17.2. The highest BCUT2D eigenvalue weighted by Gasteiger charge is 2.19. The van der Waals surface area contributed by atoms with Gasteiger partial charge < -0.3 is 19.5 Å². The second-order valence-electron chi connectivity index (χ2n) is 8.26. The Morgan fingerprint density at radius 3 is 2.40 bits per heavy atom. The number of benzene rings is 3. The minimum atomic E-state index is -0.288. The van der Waals surface area contributed by atoms with Gasteiger partial charge in [0, 0.05) is 38.3 Å². The van der Waals surface area contributed by atoms with Crippen molar-refractivity contribution in [1.29, 1.82) is 0 Å². The van der Waals surface area contributed by atoms with Crippen LogP contribution in [0.3, 0.4) is 0 Å². The second-order valence-corrected chi connectivity index (χ2v) is 8.26. The first-order valence-electron chi connectivity index (χ1n) is 11.5. The minimum absolute atomic E-state index is 0.0482. The van der Waals surface area contributed by atoms with Gasteiger partial charge in [-0.3, -0.25) is 9.69 Å². The number of aromatic hydroxyl groups is 1. The molecule has 1 saturated heterocycles. The van der Waals surface area contributed by atoms with Gasteiger partial charge in [0.2, 0.25) is 0 Å². The van der Waals surface area contributed by atoms with Crippen molar-refractivity contribution in [3.05, 3.63) is 83.4 Å². The monoisotopic (exact) mass is 474 g/mol. The van der Waals surface area contributed by atoms with E-state index in [1.165, 1.54) is 19.4 Å². The minimum Gasteiger partial charge on any atom is -0.504 e. The number of hydrogen-bond acceptors (Lipinski definition) is 7. The molecule has 35 heavy (non-hydrogen) atoms. The first-order chi connectivity index (χ1) is 17.1. The smallest absolute Gasteiger partial charge is 0.271 e. The highest BCUT2D eigenvalue weighted by Crippen LogP contribution is 2.28. The second kappa shape index (κ2) is 11.4. The molecular formula is C27H30N4O4. The lowest BCUT2D eigenvalue weighted by Gasteiger charge is -2.36. The van der Waals surface area contributed by atoms with Crippen LogP contribution in [0.2, 0.25) is 0 Å². The van der Waals surface area contributed by atoms with E-state index in [4.69, 9.17) is 9.47 Å². The Labute approximate surface area is 205 Å². The van der Waals surface area contributed by atoms with Gasteiger partial charge in [-0.25, -0.2) is 5.43 Å². The van der Waals surface area contributed by atoms with E-state index in [0.29, 0.717) is 16.9 Å². The molecule has 0 bridgehead atoms. The van der Waals surface area contributed by atoms with Crippen molar-refractivity contribution in [3.63, 3.8) is 0 Å². The van der Waals surface area contributed by atoms with Crippen LogP contribution in [-0.2, 0) is 6.54 Å². The Hall–Kier alpha value is -4.04. The van der Waals surface area contributed by atoms with Gasteiger partial charge in [0.1, 0.15) is 5.75 Å². The van der Waals surface area contributed by atoms with Gasteiger partial charge in [0.25, 0.3) is 5.91 Å². The Balaban J connectivity index is 1.27. The molecule has 0 aliphatic carbocycles. The standard InChI is InChI=1S/C27H30N4O4/c1-34-25-6-4-3-5-23(25)31-15-13-30(14-16-31)19-20-7-10-22(11-8-20)27(33)29-28-18-21-9-12-24(32)26(17-21)35-2/h3-12,17-18,32H,13-16,19H2,1-2H3,(H,29,33)/b28-18-. The summed E-state index contributed by atoms with van der Waals surface area (Å²) < 4.78 is 10.6. The lowest BCUT2D eigenvalue weighted by atomic mass is 10.1. The number of carbonyl (C=O) groups is 1. The maximum atomic E-state index is 12.4. The molecule has 182 valence electrons. The molecule has 3 aromatic rings. The number of hydrazone groups is 1. The van der Waals surface area contributed by atoms with E-state index >= 15 is 0 Å². The molecule has 0 aromatic heterocycles. The lowest BCUT2D eigenvalue weighted by Crippen LogP contribution is -2.46. The van der Waals surface area contributed by atoms with Gasteiger partial charge in [-0.05, 0) is 53.6 Å². The van der Waals surface area contributed by atoms with Gasteiger partial charge in [0.05, 0.1) is 26.1 Å². The van der Waals surface area contributed by atoms with Crippen molar-refractivity contribution < 1.29 is 19.4 Å². The van der Waals surface area contributed by atoms with Crippen LogP contribution in [0.25, 0.3) is 0 Å². The fourth-order valence-corrected chi connectivity index (χ4v) is 4.06. The van der Waals surface area contributed by atoms with E-state index in [1.807, 2.05) is 42.5 Å². The molecule has 3 aromatic carbocycles. The van der Waals surface area contributed by atoms with Crippen LogP contribution in [0.1, 0.15) is 21.5 Å². The van der Waals surface area contributed by atoms with Crippen LogP contribution in [0.4, 0.5) is 5.69 Å². The Kier molecular flexibility index (Phi) is 7.84. The zero-order valence-electron chi connectivity index (χ0n) is 20.0. The molecule has 1 aliphatic heterocycles. The van der Waals surface area contributed by atoms with Crippen molar-refractivity contribution in [2.75, 3.05) is 45.3 Å². The van der Waals surface area contributed by atoms with Crippen LogP contribution in [0.15, 0.2) is 71.8 Å². The molecule has 0 unspecified atom stereocenters. The maximum absolute atomic E-state index is 12.4. The molecule has 1 heterocycles. The number of phenols is 1. The zero-order chi connectivity index (χ0) is 24.6. The van der Waals surface area contributed by atoms with E-state index in [1.54, 1.807) is 19.2 Å². The molecule has 1 fully saturated rings. The number of nitrogens with zero attached hydrogens (tertiary/aromatic N) is 3. The number of nitrogens with one attached hydrogen (secondary N) is 1. The highest BCUT2D eigenvalue weighted by molar-refractivity contribution is 5.95. The first-order valence-corrected chi connectivity index (χ1v) is 11.5. The summed E-state index contributed by atoms with van der Waals surface area (Å²) >= 11 is 0. The zero-order valence-corrected chi connectivity index (χ0v) is 20.0. The van der Waals surface area contributed by atoms with E-state index in [0.717, 1.165) is 49.7 Å². The van der Waals surface area contributed by atoms with Crippen molar-refractivity contribution in [2.45, 2.75) is 6.54 Å². The summed E-state index contributed by atoms with van der Waals surface area (Å²) in [6, 6.07) is 20.5. The van der Waals surface area contributed by atoms with Crippen LogP contribution in [-0.4, -0.2) is 62.5 Å². The van der Waals surface area contributed by atoms with Crippen LogP contribution >= 0.6 is 0 Å². The SMILES string of the molecule is COc1cc(/C=N\NC(=O)c2ccc(CN3CCN(c4ccccc4OC)CC3)cc2)ccc1O. The summed E-state index contributed by atoms with van der Waals surface area (Å²) in [5, 5.41) is 13.7. The molecule has 2 N–H and O–H groups in total. The summed E-state index contributed by atoms with van der Waals surface area (Å²) in [6.45, 7) is 4.62. The van der Waals surface area contributed by atoms with Gasteiger partial charge in [-0.2, -0.15) is 5.10 Å². The topological polar surface area (TPSA) is 86.6 Å². The third-order valence-corrected chi connectivity index (χ3v) is 6.00. The number of phenolic OH excluding ortho intramolecular Hbond substituents is 1. The molecule has 1 amide bonds.